The Bertz CT molecular complexity index is 1560. The zero-order valence-corrected chi connectivity index (χ0v) is 30.3. The highest BCUT2D eigenvalue weighted by Crippen LogP contribution is 2.44. The summed E-state index contributed by atoms with van der Waals surface area (Å²) in [6.45, 7) is 12.1. The number of nitrogens with zero attached hydrogens (tertiary/aromatic N) is 1. The monoisotopic (exact) mass is 667 g/mol. The van der Waals surface area contributed by atoms with E-state index in [1.54, 1.807) is 19.1 Å². The number of ether oxygens (including phenoxy) is 4. The highest BCUT2D eigenvalue weighted by atomic mass is 28.4. The maximum absolute atomic E-state index is 13.8. The lowest BCUT2D eigenvalue weighted by atomic mass is 9.79. The van der Waals surface area contributed by atoms with Crippen molar-refractivity contribution in [2.75, 3.05) is 27.4 Å². The molecule has 1 aliphatic heterocycles. The van der Waals surface area contributed by atoms with E-state index in [9.17, 15) is 4.79 Å². The van der Waals surface area contributed by atoms with Gasteiger partial charge in [-0.2, -0.15) is 0 Å². The largest absolute Gasteiger partial charge is 0.497 e. The molecule has 0 radical (unpaired) electrons. The highest BCUT2D eigenvalue weighted by molar-refractivity contribution is 6.74. The highest BCUT2D eigenvalue weighted by Gasteiger charge is 2.46. The van der Waals surface area contributed by atoms with Gasteiger partial charge in [0.25, 0.3) is 0 Å². The Morgan fingerprint density at radius 2 is 1.25 bits per heavy atom. The summed E-state index contributed by atoms with van der Waals surface area (Å²) in [6, 6.07) is 35.8. The van der Waals surface area contributed by atoms with Crippen molar-refractivity contribution < 1.29 is 28.2 Å². The van der Waals surface area contributed by atoms with E-state index in [1.165, 1.54) is 0 Å². The van der Waals surface area contributed by atoms with Crippen LogP contribution in [0.25, 0.3) is 0 Å². The molecule has 254 valence electrons. The van der Waals surface area contributed by atoms with Crippen LogP contribution in [0.5, 0.6) is 11.5 Å². The molecule has 0 bridgehead atoms. The fourth-order valence-electron chi connectivity index (χ4n) is 5.94. The standard InChI is InChI=1S/C40H49NO6Si/c1-39(2,3)48(6,7)46-29-34-26-37(27-41(34)38(42)45-28-30-14-10-8-11-15-30)47-40(31-16-12-9-13-17-31,32-18-22-35(43-4)23-19-32)33-20-24-36(44-5)25-21-33/h8-25,34,37H,26-29H2,1-7H3/t34-,37+/m1/s1. The maximum Gasteiger partial charge on any atom is 0.410 e. The molecular weight excluding hydrogens is 619 g/mol. The topological polar surface area (TPSA) is 66.5 Å². The Morgan fingerprint density at radius 3 is 1.75 bits per heavy atom. The van der Waals surface area contributed by atoms with Crippen LogP contribution >= 0.6 is 0 Å². The minimum atomic E-state index is -2.10. The van der Waals surface area contributed by atoms with Gasteiger partial charge in [-0.25, -0.2) is 4.79 Å². The summed E-state index contributed by atoms with van der Waals surface area (Å²) in [5.41, 5.74) is 2.80. The number of carbonyl (C=O) groups excluding carboxylic acids is 1. The molecule has 1 fully saturated rings. The zero-order valence-electron chi connectivity index (χ0n) is 29.3. The number of carbonyl (C=O) groups is 1. The van der Waals surface area contributed by atoms with Gasteiger partial charge in [-0.3, -0.25) is 0 Å². The molecule has 0 unspecified atom stereocenters. The Hall–Kier alpha value is -4.11. The second-order valence-electron chi connectivity index (χ2n) is 13.9. The van der Waals surface area contributed by atoms with Crippen molar-refractivity contribution in [3.05, 3.63) is 131 Å². The average Bonchev–Trinajstić information content (AvgIpc) is 3.51. The molecule has 0 spiro atoms. The number of methoxy groups -OCH3 is 2. The van der Waals surface area contributed by atoms with Crippen LogP contribution in [0.3, 0.4) is 0 Å². The summed E-state index contributed by atoms with van der Waals surface area (Å²) in [6.07, 6.45) is -0.102. The van der Waals surface area contributed by atoms with Crippen LogP contribution in [0.15, 0.2) is 109 Å². The number of hydrogen-bond donors (Lipinski definition) is 0. The second kappa shape index (κ2) is 15.0. The molecule has 8 heteroatoms. The average molecular weight is 668 g/mol. The number of benzene rings is 4. The first-order chi connectivity index (χ1) is 23.0. The van der Waals surface area contributed by atoms with Crippen LogP contribution < -0.4 is 9.47 Å². The van der Waals surface area contributed by atoms with Gasteiger partial charge in [0.05, 0.1) is 39.5 Å². The van der Waals surface area contributed by atoms with Crippen molar-refractivity contribution in [1.82, 2.24) is 4.90 Å². The van der Waals surface area contributed by atoms with Crippen molar-refractivity contribution in [3.8, 4) is 11.5 Å². The quantitative estimate of drug-likeness (QED) is 0.111. The zero-order chi connectivity index (χ0) is 34.4. The van der Waals surface area contributed by atoms with E-state index < -0.39 is 13.9 Å². The minimum Gasteiger partial charge on any atom is -0.497 e. The third kappa shape index (κ3) is 7.78. The summed E-state index contributed by atoms with van der Waals surface area (Å²) in [5, 5.41) is 0.0331. The van der Waals surface area contributed by atoms with Crippen molar-refractivity contribution in [3.63, 3.8) is 0 Å². The van der Waals surface area contributed by atoms with Crippen LogP contribution in [-0.2, 0) is 26.1 Å². The number of likely N-dealkylation sites (tertiary alicyclic amines) is 1. The van der Waals surface area contributed by atoms with Gasteiger partial charge in [0.2, 0.25) is 0 Å². The van der Waals surface area contributed by atoms with Gasteiger partial charge < -0.3 is 28.3 Å². The first-order valence-corrected chi connectivity index (χ1v) is 19.5. The minimum absolute atomic E-state index is 0.0331. The van der Waals surface area contributed by atoms with Crippen LogP contribution in [-0.4, -0.2) is 58.8 Å². The van der Waals surface area contributed by atoms with Crippen molar-refractivity contribution in [1.29, 1.82) is 0 Å². The van der Waals surface area contributed by atoms with Gasteiger partial charge in [0, 0.05) is 0 Å². The van der Waals surface area contributed by atoms with Crippen molar-refractivity contribution >= 4 is 14.4 Å². The second-order valence-corrected chi connectivity index (χ2v) is 18.7. The first-order valence-electron chi connectivity index (χ1n) is 16.6. The van der Waals surface area contributed by atoms with Gasteiger partial charge in [-0.1, -0.05) is 106 Å². The Balaban J connectivity index is 1.53. The molecule has 0 aliphatic carbocycles. The van der Waals surface area contributed by atoms with Gasteiger partial charge in [0.15, 0.2) is 8.32 Å². The molecule has 0 aromatic heterocycles. The summed E-state index contributed by atoms with van der Waals surface area (Å²) in [7, 11) is 1.23. The summed E-state index contributed by atoms with van der Waals surface area (Å²) >= 11 is 0. The third-order valence-electron chi connectivity index (χ3n) is 9.78. The van der Waals surface area contributed by atoms with Crippen LogP contribution in [0.2, 0.25) is 18.1 Å². The maximum atomic E-state index is 13.8. The van der Waals surface area contributed by atoms with Crippen LogP contribution in [0.1, 0.15) is 49.4 Å². The number of amides is 1. The lowest BCUT2D eigenvalue weighted by Gasteiger charge is -2.38. The van der Waals surface area contributed by atoms with Crippen molar-refractivity contribution in [2.45, 2.75) is 69.7 Å². The fraction of sp³-hybridized carbons (Fsp3) is 0.375. The summed E-state index contributed by atoms with van der Waals surface area (Å²) in [4.78, 5) is 15.6. The first kappa shape index (κ1) is 35.2. The Labute approximate surface area is 286 Å². The van der Waals surface area contributed by atoms with Gasteiger partial charge in [0.1, 0.15) is 23.7 Å². The third-order valence-corrected chi connectivity index (χ3v) is 14.3. The fourth-order valence-corrected chi connectivity index (χ4v) is 6.98. The SMILES string of the molecule is COc1ccc(C(O[C@H]2C[C@H](CO[Si](C)(C)C(C)(C)C)N(C(=O)OCc3ccccc3)C2)(c2ccccc2)c2ccc(OC)cc2)cc1. The lowest BCUT2D eigenvalue weighted by Crippen LogP contribution is -2.46. The van der Waals surface area contributed by atoms with Gasteiger partial charge in [-0.05, 0) is 71.1 Å². The summed E-state index contributed by atoms with van der Waals surface area (Å²) < 4.78 is 31.0. The van der Waals surface area contributed by atoms with Crippen LogP contribution in [0.4, 0.5) is 4.79 Å². The van der Waals surface area contributed by atoms with E-state index in [2.05, 4.69) is 70.3 Å². The molecule has 5 rings (SSSR count). The molecule has 2 atom stereocenters. The van der Waals surface area contributed by atoms with E-state index in [1.807, 2.05) is 72.8 Å². The molecule has 4 aromatic carbocycles. The molecule has 1 saturated heterocycles. The summed E-state index contributed by atoms with van der Waals surface area (Å²) in [5.74, 6) is 1.51. The predicted octanol–water partition coefficient (Wildman–Crippen LogP) is 8.81. The molecule has 1 heterocycles. The van der Waals surface area contributed by atoms with E-state index in [0.717, 1.165) is 33.8 Å². The molecule has 48 heavy (non-hydrogen) atoms. The van der Waals surface area contributed by atoms with E-state index >= 15 is 0 Å². The van der Waals surface area contributed by atoms with Gasteiger partial charge in [-0.15, -0.1) is 0 Å². The number of rotatable bonds is 12. The van der Waals surface area contributed by atoms with Crippen LogP contribution in [0, 0.1) is 0 Å². The lowest BCUT2D eigenvalue weighted by molar-refractivity contribution is -0.0418. The molecule has 0 N–H and O–H groups in total. The number of hydrogen-bond acceptors (Lipinski definition) is 6. The molecule has 1 aliphatic rings. The molecule has 0 saturated carbocycles. The van der Waals surface area contributed by atoms with E-state index in [-0.39, 0.29) is 29.9 Å². The van der Waals surface area contributed by atoms with E-state index in [0.29, 0.717) is 19.6 Å². The molecular formula is C40H49NO6Si. The molecule has 7 nitrogen and oxygen atoms in total. The Morgan fingerprint density at radius 1 is 0.750 bits per heavy atom. The predicted molar refractivity (Wildman–Crippen MR) is 192 cm³/mol. The molecule has 1 amide bonds. The normalized spacial score (nSPS) is 16.9. The van der Waals surface area contributed by atoms with Crippen molar-refractivity contribution in [2.24, 2.45) is 0 Å². The van der Waals surface area contributed by atoms with Gasteiger partial charge >= 0.3 is 6.09 Å². The van der Waals surface area contributed by atoms with E-state index in [4.69, 9.17) is 23.4 Å². The Kier molecular flexibility index (Phi) is 11.0. The molecule has 4 aromatic rings. The smallest absolute Gasteiger partial charge is 0.410 e.